The Morgan fingerprint density at radius 3 is 2.49 bits per heavy atom. The maximum Gasteiger partial charge on any atom is 0.412 e. The number of nitrogens with one attached hydrogen (secondary N) is 2. The molecule has 4 amide bonds. The van der Waals surface area contributed by atoms with E-state index in [0.717, 1.165) is 27.7 Å². The third-order valence-corrected chi connectivity index (χ3v) is 6.36. The van der Waals surface area contributed by atoms with Gasteiger partial charge < -0.3 is 27.0 Å². The average molecular weight is 541 g/mol. The van der Waals surface area contributed by atoms with Crippen LogP contribution in [0.4, 0.5) is 32.8 Å². The molecule has 1 aliphatic heterocycles. The maximum atomic E-state index is 14.4. The number of benzene rings is 2. The van der Waals surface area contributed by atoms with Crippen molar-refractivity contribution in [2.24, 2.45) is 11.5 Å². The fraction of sp³-hybridized carbons (Fsp3) is 0.261. The van der Waals surface area contributed by atoms with Crippen LogP contribution in [0, 0.1) is 5.82 Å². The Balaban J connectivity index is 1.59. The molecule has 2 aromatic carbocycles. The van der Waals surface area contributed by atoms with E-state index in [1.165, 1.54) is 6.20 Å². The highest BCUT2D eigenvalue weighted by Crippen LogP contribution is 2.36. The van der Waals surface area contributed by atoms with E-state index in [4.69, 9.17) is 23.1 Å². The Bertz CT molecular complexity index is 1380. The first-order valence-electron chi connectivity index (χ1n) is 10.9. The molecule has 1 unspecified atom stereocenters. The molecule has 3 atom stereocenters. The minimum Gasteiger partial charge on any atom is -0.351 e. The topological polar surface area (TPSA) is 135 Å². The highest BCUT2D eigenvalue weighted by atomic mass is 35.5. The zero-order valence-electron chi connectivity index (χ0n) is 18.9. The Kier molecular flexibility index (Phi) is 7.02. The van der Waals surface area contributed by atoms with Gasteiger partial charge in [-0.05, 0) is 18.6 Å². The first-order valence-corrected chi connectivity index (χ1v) is 11.3. The smallest absolute Gasteiger partial charge is 0.351 e. The van der Waals surface area contributed by atoms with Crippen molar-refractivity contribution in [2.75, 3.05) is 11.9 Å². The molecular formula is C23H21ClF4N6O3. The fourth-order valence-electron chi connectivity index (χ4n) is 4.34. The Morgan fingerprint density at radius 2 is 1.81 bits per heavy atom. The van der Waals surface area contributed by atoms with Gasteiger partial charge in [0.05, 0.1) is 16.2 Å². The third-order valence-electron chi connectivity index (χ3n) is 6.07. The summed E-state index contributed by atoms with van der Waals surface area (Å²) in [6.45, 7) is -0.0399. The van der Waals surface area contributed by atoms with Crippen LogP contribution in [0.15, 0.2) is 48.7 Å². The van der Waals surface area contributed by atoms with E-state index in [1.807, 2.05) is 0 Å². The summed E-state index contributed by atoms with van der Waals surface area (Å²) in [5.74, 6) is -2.55. The molecule has 2 heterocycles. The average Bonchev–Trinajstić information content (AvgIpc) is 3.40. The molecule has 4 rings (SSSR count). The van der Waals surface area contributed by atoms with Crippen LogP contribution in [0.25, 0.3) is 10.9 Å². The highest BCUT2D eigenvalue weighted by Gasteiger charge is 2.47. The number of hydrogen-bond acceptors (Lipinski definition) is 4. The van der Waals surface area contributed by atoms with E-state index < -0.39 is 58.7 Å². The number of amides is 4. The molecule has 9 nitrogen and oxygen atoms in total. The number of fused-ring (bicyclic) bond motifs is 1. The lowest BCUT2D eigenvalue weighted by Gasteiger charge is -2.29. The number of halogens is 5. The molecule has 37 heavy (non-hydrogen) atoms. The highest BCUT2D eigenvalue weighted by molar-refractivity contribution is 6.30. The van der Waals surface area contributed by atoms with Gasteiger partial charge in [-0.25, -0.2) is 14.0 Å². The number of likely N-dealkylation sites (tertiary alicyclic amines) is 1. The fourth-order valence-corrected chi connectivity index (χ4v) is 4.52. The summed E-state index contributed by atoms with van der Waals surface area (Å²) in [5, 5.41) is 4.26. The summed E-state index contributed by atoms with van der Waals surface area (Å²) in [7, 11) is 0. The first-order chi connectivity index (χ1) is 17.4. The van der Waals surface area contributed by atoms with Crippen LogP contribution in [-0.2, 0) is 4.79 Å². The van der Waals surface area contributed by atoms with Crippen molar-refractivity contribution in [1.29, 1.82) is 0 Å². The molecule has 1 saturated heterocycles. The normalized spacial score (nSPS) is 18.6. The number of urea groups is 1. The van der Waals surface area contributed by atoms with Gasteiger partial charge >= 0.3 is 18.2 Å². The van der Waals surface area contributed by atoms with Crippen LogP contribution in [0.3, 0.4) is 0 Å². The number of carbonyl (C=O) groups excluding carboxylic acids is 3. The lowest BCUT2D eigenvalue weighted by Crippen LogP contribution is -2.55. The lowest BCUT2D eigenvalue weighted by molar-refractivity contribution is -0.165. The van der Waals surface area contributed by atoms with Gasteiger partial charge in [0.1, 0.15) is 11.9 Å². The first kappa shape index (κ1) is 26.2. The summed E-state index contributed by atoms with van der Waals surface area (Å²) in [4.78, 5) is 38.9. The molecule has 0 aliphatic carbocycles. The number of nitrogens with zero attached hydrogens (tertiary/aromatic N) is 2. The van der Waals surface area contributed by atoms with E-state index in [2.05, 4.69) is 5.32 Å². The number of alkyl halides is 3. The van der Waals surface area contributed by atoms with Gasteiger partial charge in [0.2, 0.25) is 5.91 Å². The Hall–Kier alpha value is -3.84. The van der Waals surface area contributed by atoms with Crippen molar-refractivity contribution in [3.05, 3.63) is 65.1 Å². The lowest BCUT2D eigenvalue weighted by atomic mass is 10.0. The summed E-state index contributed by atoms with van der Waals surface area (Å²) in [6.07, 6.45) is -3.66. The molecule has 1 aliphatic rings. The molecule has 14 heteroatoms. The van der Waals surface area contributed by atoms with Crippen molar-refractivity contribution >= 4 is 46.2 Å². The van der Waals surface area contributed by atoms with E-state index in [-0.39, 0.29) is 18.7 Å². The maximum absolute atomic E-state index is 14.4. The SMILES string of the molecule is NC(=O)n1cc(NC(=O)N2CCC(N)[C@H]2C(=O)N[C@@H](c2cccc(Cl)c2F)C(F)(F)F)c2ccccc21. The van der Waals surface area contributed by atoms with Crippen LogP contribution in [0.5, 0.6) is 0 Å². The molecule has 0 bridgehead atoms. The van der Waals surface area contributed by atoms with Gasteiger partial charge in [-0.3, -0.25) is 9.36 Å². The zero-order chi connectivity index (χ0) is 27.1. The second-order valence-corrected chi connectivity index (χ2v) is 8.82. The number of primary amides is 1. The molecule has 1 fully saturated rings. The molecule has 6 N–H and O–H groups in total. The second-order valence-electron chi connectivity index (χ2n) is 8.42. The Labute approximate surface area is 212 Å². The van der Waals surface area contributed by atoms with Gasteiger partial charge in [-0.1, -0.05) is 41.9 Å². The molecule has 1 aromatic heterocycles. The van der Waals surface area contributed by atoms with Gasteiger partial charge in [-0.2, -0.15) is 13.2 Å². The predicted octanol–water partition coefficient (Wildman–Crippen LogP) is 3.71. The number of anilines is 1. The quantitative estimate of drug-likeness (QED) is 0.375. The van der Waals surface area contributed by atoms with Crippen LogP contribution in [0.1, 0.15) is 18.0 Å². The molecule has 0 radical (unpaired) electrons. The molecule has 0 saturated carbocycles. The zero-order valence-corrected chi connectivity index (χ0v) is 19.7. The van der Waals surface area contributed by atoms with Crippen molar-refractivity contribution < 1.29 is 31.9 Å². The number of hydrogen-bond donors (Lipinski definition) is 4. The minimum atomic E-state index is -5.08. The van der Waals surface area contributed by atoms with Gasteiger partial charge in [0.15, 0.2) is 6.04 Å². The number of para-hydroxylation sites is 1. The van der Waals surface area contributed by atoms with Gasteiger partial charge in [0, 0.05) is 29.7 Å². The standard InChI is InChI=1S/C23H21ClF4N6O3/c24-13-6-3-5-12(17(13)25)19(23(26,27)28)32-20(35)18-14(29)8-9-33(18)22(37)31-15-10-34(21(30)36)16-7-2-1-4-11(15)16/h1-7,10,14,18-19H,8-9,29H2,(H2,30,36)(H,31,37)(H,32,35)/t14?,18-,19-/m0/s1. The van der Waals surface area contributed by atoms with E-state index in [0.29, 0.717) is 10.9 Å². The number of carbonyl (C=O) groups is 3. The number of nitrogens with two attached hydrogens (primary N) is 2. The third kappa shape index (κ3) is 5.04. The van der Waals surface area contributed by atoms with Gasteiger partial charge in [0.25, 0.3) is 0 Å². The summed E-state index contributed by atoms with van der Waals surface area (Å²) in [5.41, 5.74) is 11.1. The monoisotopic (exact) mass is 540 g/mol. The summed E-state index contributed by atoms with van der Waals surface area (Å²) in [6, 6.07) is 2.75. The molecule has 0 spiro atoms. The van der Waals surface area contributed by atoms with Crippen LogP contribution < -0.4 is 22.1 Å². The minimum absolute atomic E-state index is 0.0399. The van der Waals surface area contributed by atoms with Gasteiger partial charge in [-0.15, -0.1) is 0 Å². The molecule has 3 aromatic rings. The number of rotatable bonds is 4. The predicted molar refractivity (Wildman–Crippen MR) is 127 cm³/mol. The summed E-state index contributed by atoms with van der Waals surface area (Å²) >= 11 is 5.63. The largest absolute Gasteiger partial charge is 0.412 e. The van der Waals surface area contributed by atoms with Crippen LogP contribution in [0.2, 0.25) is 5.02 Å². The van der Waals surface area contributed by atoms with Crippen LogP contribution >= 0.6 is 11.6 Å². The van der Waals surface area contributed by atoms with Crippen molar-refractivity contribution in [3.63, 3.8) is 0 Å². The van der Waals surface area contributed by atoms with E-state index in [9.17, 15) is 31.9 Å². The summed E-state index contributed by atoms with van der Waals surface area (Å²) < 4.78 is 57.0. The van der Waals surface area contributed by atoms with E-state index >= 15 is 0 Å². The van der Waals surface area contributed by atoms with Crippen molar-refractivity contribution in [3.8, 4) is 0 Å². The molecular weight excluding hydrogens is 520 g/mol. The van der Waals surface area contributed by atoms with Crippen molar-refractivity contribution in [2.45, 2.75) is 30.7 Å². The van der Waals surface area contributed by atoms with E-state index in [1.54, 1.807) is 29.6 Å². The Morgan fingerprint density at radius 1 is 1.11 bits per heavy atom. The molecule has 196 valence electrons. The second kappa shape index (κ2) is 9.90. The number of aromatic nitrogens is 1. The van der Waals surface area contributed by atoms with Crippen LogP contribution in [-0.4, -0.2) is 52.2 Å². The van der Waals surface area contributed by atoms with Crippen molar-refractivity contribution in [1.82, 2.24) is 14.8 Å².